The summed E-state index contributed by atoms with van der Waals surface area (Å²) in [6.07, 6.45) is 8.67. The monoisotopic (exact) mass is 384 g/mol. The standard InChI is InChI=1S/C22H32N4O2/c1-27-19-6-7-20(21(14-19)28-2)22-17(15-23-24-22)16-25-12-8-18(9-13-25)26-10-4-3-5-11-26/h6-7,14-15,18H,3-5,8-13,16H2,1-2H3,(H,23,24). The number of likely N-dealkylation sites (tertiary alicyclic amines) is 2. The van der Waals surface area contributed by atoms with Crippen LogP contribution in [-0.2, 0) is 6.54 Å². The molecule has 2 fully saturated rings. The Morgan fingerprint density at radius 2 is 1.82 bits per heavy atom. The summed E-state index contributed by atoms with van der Waals surface area (Å²) in [7, 11) is 3.36. The van der Waals surface area contributed by atoms with E-state index in [0.29, 0.717) is 0 Å². The molecule has 0 saturated carbocycles. The van der Waals surface area contributed by atoms with Crippen LogP contribution in [0.25, 0.3) is 11.3 Å². The normalized spacial score (nSPS) is 19.6. The summed E-state index contributed by atoms with van der Waals surface area (Å²) in [5.74, 6) is 1.59. The molecule has 2 aliphatic heterocycles. The molecule has 1 aromatic heterocycles. The minimum Gasteiger partial charge on any atom is -0.497 e. The molecule has 0 aliphatic carbocycles. The number of aromatic amines is 1. The third-order valence-electron chi connectivity index (χ3n) is 6.25. The summed E-state index contributed by atoms with van der Waals surface area (Å²) in [4.78, 5) is 5.29. The predicted molar refractivity (Wildman–Crippen MR) is 111 cm³/mol. The molecule has 28 heavy (non-hydrogen) atoms. The maximum Gasteiger partial charge on any atom is 0.131 e. The van der Waals surface area contributed by atoms with Crippen LogP contribution >= 0.6 is 0 Å². The van der Waals surface area contributed by atoms with Gasteiger partial charge in [0, 0.05) is 29.8 Å². The molecule has 0 unspecified atom stereocenters. The molecule has 6 heteroatoms. The highest BCUT2D eigenvalue weighted by atomic mass is 16.5. The van der Waals surface area contributed by atoms with E-state index >= 15 is 0 Å². The fourth-order valence-electron chi connectivity index (χ4n) is 4.64. The number of ether oxygens (including phenoxy) is 2. The van der Waals surface area contributed by atoms with Crippen molar-refractivity contribution >= 4 is 0 Å². The Morgan fingerprint density at radius 1 is 1.04 bits per heavy atom. The van der Waals surface area contributed by atoms with E-state index < -0.39 is 0 Å². The third-order valence-corrected chi connectivity index (χ3v) is 6.25. The van der Waals surface area contributed by atoms with Gasteiger partial charge >= 0.3 is 0 Å². The van der Waals surface area contributed by atoms with Gasteiger partial charge in [-0.15, -0.1) is 0 Å². The number of aromatic nitrogens is 2. The SMILES string of the molecule is COc1ccc(-c2[nH]ncc2CN2CCC(N3CCCCC3)CC2)c(OC)c1. The largest absolute Gasteiger partial charge is 0.497 e. The highest BCUT2D eigenvalue weighted by molar-refractivity contribution is 5.71. The van der Waals surface area contributed by atoms with Crippen LogP contribution in [-0.4, -0.2) is 66.4 Å². The molecule has 1 aromatic carbocycles. The number of hydrogen-bond acceptors (Lipinski definition) is 5. The van der Waals surface area contributed by atoms with Gasteiger partial charge in [-0.05, 0) is 64.0 Å². The minimum atomic E-state index is 0.780. The van der Waals surface area contributed by atoms with Crippen LogP contribution in [0.3, 0.4) is 0 Å². The Labute approximate surface area is 167 Å². The number of rotatable bonds is 6. The van der Waals surface area contributed by atoms with Gasteiger partial charge in [0.25, 0.3) is 0 Å². The second-order valence-corrected chi connectivity index (χ2v) is 7.94. The van der Waals surface area contributed by atoms with Crippen LogP contribution in [0.2, 0.25) is 0 Å². The lowest BCUT2D eigenvalue weighted by molar-refractivity contribution is 0.0897. The second kappa shape index (κ2) is 8.97. The first-order chi connectivity index (χ1) is 13.8. The fourth-order valence-corrected chi connectivity index (χ4v) is 4.64. The van der Waals surface area contributed by atoms with E-state index in [-0.39, 0.29) is 0 Å². The zero-order valence-corrected chi connectivity index (χ0v) is 17.1. The van der Waals surface area contributed by atoms with E-state index in [0.717, 1.165) is 48.4 Å². The number of H-pyrrole nitrogens is 1. The van der Waals surface area contributed by atoms with Gasteiger partial charge < -0.3 is 14.4 Å². The summed E-state index contributed by atoms with van der Waals surface area (Å²) < 4.78 is 10.9. The van der Waals surface area contributed by atoms with Gasteiger partial charge in [0.15, 0.2) is 0 Å². The Bertz CT molecular complexity index is 762. The van der Waals surface area contributed by atoms with Crippen LogP contribution in [0.4, 0.5) is 0 Å². The predicted octanol–water partition coefficient (Wildman–Crippen LogP) is 3.54. The number of methoxy groups -OCH3 is 2. The lowest BCUT2D eigenvalue weighted by Crippen LogP contribution is -2.46. The first kappa shape index (κ1) is 19.3. The summed E-state index contributed by atoms with van der Waals surface area (Å²) in [5.41, 5.74) is 3.29. The van der Waals surface area contributed by atoms with Crippen molar-refractivity contribution in [2.45, 2.75) is 44.7 Å². The topological polar surface area (TPSA) is 53.6 Å². The van der Waals surface area contributed by atoms with E-state index in [4.69, 9.17) is 9.47 Å². The van der Waals surface area contributed by atoms with Crippen LogP contribution in [0.1, 0.15) is 37.7 Å². The summed E-state index contributed by atoms with van der Waals surface area (Å²) in [5, 5.41) is 7.50. The first-order valence-corrected chi connectivity index (χ1v) is 10.5. The molecule has 3 heterocycles. The van der Waals surface area contributed by atoms with Gasteiger partial charge in [0.05, 0.1) is 26.1 Å². The molecule has 4 rings (SSSR count). The maximum atomic E-state index is 5.59. The van der Waals surface area contributed by atoms with Gasteiger partial charge in [0.1, 0.15) is 11.5 Å². The van der Waals surface area contributed by atoms with Crippen molar-refractivity contribution in [3.63, 3.8) is 0 Å². The number of benzene rings is 1. The quantitative estimate of drug-likeness (QED) is 0.826. The van der Waals surface area contributed by atoms with Gasteiger partial charge in [-0.25, -0.2) is 0 Å². The van der Waals surface area contributed by atoms with E-state index in [1.807, 2.05) is 24.4 Å². The van der Waals surface area contributed by atoms with Gasteiger partial charge in [-0.3, -0.25) is 10.00 Å². The zero-order valence-electron chi connectivity index (χ0n) is 17.1. The van der Waals surface area contributed by atoms with Gasteiger partial charge in [0.2, 0.25) is 0 Å². The molecule has 2 aromatic rings. The summed E-state index contributed by atoms with van der Waals surface area (Å²) in [6, 6.07) is 6.70. The number of piperidine rings is 2. The van der Waals surface area contributed by atoms with Crippen molar-refractivity contribution in [1.82, 2.24) is 20.0 Å². The van der Waals surface area contributed by atoms with E-state index in [2.05, 4.69) is 20.0 Å². The van der Waals surface area contributed by atoms with Crippen LogP contribution < -0.4 is 9.47 Å². The summed E-state index contributed by atoms with van der Waals surface area (Å²) in [6.45, 7) is 5.84. The third kappa shape index (κ3) is 4.18. The minimum absolute atomic E-state index is 0.780. The number of nitrogens with one attached hydrogen (secondary N) is 1. The molecule has 0 atom stereocenters. The van der Waals surface area contributed by atoms with Crippen LogP contribution in [0.15, 0.2) is 24.4 Å². The van der Waals surface area contributed by atoms with Crippen molar-refractivity contribution in [3.05, 3.63) is 30.0 Å². The van der Waals surface area contributed by atoms with Crippen molar-refractivity contribution < 1.29 is 9.47 Å². The van der Waals surface area contributed by atoms with E-state index in [1.54, 1.807) is 14.2 Å². The highest BCUT2D eigenvalue weighted by Gasteiger charge is 2.26. The highest BCUT2D eigenvalue weighted by Crippen LogP contribution is 2.34. The molecule has 152 valence electrons. The average Bonchev–Trinajstić information content (AvgIpc) is 3.22. The Balaban J connectivity index is 1.42. The molecule has 0 radical (unpaired) electrons. The van der Waals surface area contributed by atoms with Crippen LogP contribution in [0.5, 0.6) is 11.5 Å². The zero-order chi connectivity index (χ0) is 19.3. The lowest BCUT2D eigenvalue weighted by atomic mass is 9.99. The average molecular weight is 385 g/mol. The molecule has 1 N–H and O–H groups in total. The first-order valence-electron chi connectivity index (χ1n) is 10.5. The van der Waals surface area contributed by atoms with E-state index in [9.17, 15) is 0 Å². The molecule has 2 saturated heterocycles. The Morgan fingerprint density at radius 3 is 2.54 bits per heavy atom. The fraction of sp³-hybridized carbons (Fsp3) is 0.591. The molecule has 0 spiro atoms. The Hall–Kier alpha value is -2.05. The molecule has 6 nitrogen and oxygen atoms in total. The van der Waals surface area contributed by atoms with Gasteiger partial charge in [-0.2, -0.15) is 5.10 Å². The van der Waals surface area contributed by atoms with Crippen molar-refractivity contribution in [1.29, 1.82) is 0 Å². The summed E-state index contributed by atoms with van der Waals surface area (Å²) >= 11 is 0. The molecule has 0 amide bonds. The molecular formula is C22H32N4O2. The van der Waals surface area contributed by atoms with E-state index in [1.165, 1.54) is 50.8 Å². The molecule has 0 bridgehead atoms. The smallest absolute Gasteiger partial charge is 0.131 e. The number of hydrogen-bond donors (Lipinski definition) is 1. The second-order valence-electron chi connectivity index (χ2n) is 7.94. The van der Waals surface area contributed by atoms with Gasteiger partial charge in [-0.1, -0.05) is 6.42 Å². The molecule has 2 aliphatic rings. The Kier molecular flexibility index (Phi) is 6.17. The van der Waals surface area contributed by atoms with Crippen molar-refractivity contribution in [2.75, 3.05) is 40.4 Å². The van der Waals surface area contributed by atoms with Crippen LogP contribution in [0, 0.1) is 0 Å². The number of nitrogens with zero attached hydrogens (tertiary/aromatic N) is 3. The van der Waals surface area contributed by atoms with Crippen molar-refractivity contribution in [3.8, 4) is 22.8 Å². The maximum absolute atomic E-state index is 5.59. The lowest BCUT2D eigenvalue weighted by Gasteiger charge is -2.40. The van der Waals surface area contributed by atoms with Crippen molar-refractivity contribution in [2.24, 2.45) is 0 Å². The molecular weight excluding hydrogens is 352 g/mol.